The monoisotopic (exact) mass is 768 g/mol. The molecule has 2 aliphatic carbocycles. The fourth-order valence-electron chi connectivity index (χ4n) is 7.50. The molecular formula is C37H40N2O16. The third-order valence-electron chi connectivity index (χ3n) is 10.3. The van der Waals surface area contributed by atoms with Gasteiger partial charge in [0, 0.05) is 61.6 Å². The van der Waals surface area contributed by atoms with Crippen LogP contribution in [0.5, 0.6) is 17.2 Å². The third-order valence-corrected chi connectivity index (χ3v) is 10.3. The molecule has 2 heterocycles. The molecule has 0 spiro atoms. The Morgan fingerprint density at radius 3 is 2.33 bits per heavy atom. The molecular weight excluding hydrogens is 728 g/mol. The molecule has 4 aliphatic rings. The molecule has 18 heteroatoms. The van der Waals surface area contributed by atoms with Crippen molar-refractivity contribution in [2.75, 3.05) is 13.7 Å². The largest absolute Gasteiger partial charge is 0.507 e. The standard InChI is InChI=1S/C37H40N2O16/c1-16-32(46)19(38-23(42)8-3-4-9-26(45)55-39-24(43)10-11-25(39)44)12-27(53-16)54-21-14-37(51,22(41)15-40)13-18-29(21)36(50)31-30(34(18)48)33(47)17-6-5-7-20(52-2)28(17)35(31)49/h5-7,16,19,21,27,32,40,46,48,50-51H,3-4,8-15H2,1-2H3,(H,38,42). The van der Waals surface area contributed by atoms with Crippen LogP contribution in [0.4, 0.5) is 0 Å². The van der Waals surface area contributed by atoms with E-state index in [2.05, 4.69) is 5.32 Å². The number of fused-ring (bicyclic) bond motifs is 3. The molecule has 6 N–H and O–H groups in total. The molecule has 6 atom stereocenters. The van der Waals surface area contributed by atoms with Gasteiger partial charge in [-0.15, -0.1) is 5.06 Å². The van der Waals surface area contributed by atoms with Crippen LogP contribution in [0.1, 0.15) is 107 Å². The molecule has 2 aromatic rings. The molecule has 2 aliphatic heterocycles. The van der Waals surface area contributed by atoms with Gasteiger partial charge in [-0.3, -0.25) is 28.8 Å². The molecule has 18 nitrogen and oxygen atoms in total. The van der Waals surface area contributed by atoms with Crippen molar-refractivity contribution < 1.29 is 78.1 Å². The van der Waals surface area contributed by atoms with Crippen LogP contribution in [-0.4, -0.2) is 115 Å². The number of rotatable bonds is 12. The number of nitrogens with one attached hydrogen (secondary N) is 1. The zero-order valence-electron chi connectivity index (χ0n) is 29.9. The molecule has 294 valence electrons. The van der Waals surface area contributed by atoms with E-state index in [1.807, 2.05) is 0 Å². The third kappa shape index (κ3) is 7.30. The fourth-order valence-corrected chi connectivity index (χ4v) is 7.50. The van der Waals surface area contributed by atoms with E-state index in [0.717, 1.165) is 0 Å². The van der Waals surface area contributed by atoms with E-state index in [0.29, 0.717) is 5.06 Å². The molecule has 2 saturated heterocycles. The van der Waals surface area contributed by atoms with Crippen LogP contribution < -0.4 is 10.1 Å². The zero-order chi connectivity index (χ0) is 39.9. The van der Waals surface area contributed by atoms with Crippen molar-refractivity contribution >= 4 is 41.0 Å². The summed E-state index contributed by atoms with van der Waals surface area (Å²) in [7, 11) is 1.29. The number of phenols is 2. The number of ether oxygens (including phenoxy) is 3. The van der Waals surface area contributed by atoms with Crippen LogP contribution in [0.2, 0.25) is 0 Å². The quantitative estimate of drug-likeness (QED) is 0.0823. The first-order valence-corrected chi connectivity index (χ1v) is 17.7. The lowest BCUT2D eigenvalue weighted by Gasteiger charge is -2.43. The Morgan fingerprint density at radius 1 is 0.982 bits per heavy atom. The van der Waals surface area contributed by atoms with E-state index < -0.39 is 119 Å². The highest BCUT2D eigenvalue weighted by molar-refractivity contribution is 6.31. The second-order valence-electron chi connectivity index (χ2n) is 13.9. The summed E-state index contributed by atoms with van der Waals surface area (Å²) >= 11 is 0. The summed E-state index contributed by atoms with van der Waals surface area (Å²) in [5.41, 5.74) is -4.22. The number of nitrogens with zero attached hydrogens (tertiary/aromatic N) is 1. The first kappa shape index (κ1) is 39.4. The summed E-state index contributed by atoms with van der Waals surface area (Å²) in [5.74, 6) is -6.75. The molecule has 2 fully saturated rings. The van der Waals surface area contributed by atoms with E-state index in [1.54, 1.807) is 0 Å². The highest BCUT2D eigenvalue weighted by Crippen LogP contribution is 2.52. The highest BCUT2D eigenvalue weighted by atomic mass is 16.7. The van der Waals surface area contributed by atoms with Crippen molar-refractivity contribution in [3.63, 3.8) is 0 Å². The topological polar surface area (TPSA) is 273 Å². The van der Waals surface area contributed by atoms with Gasteiger partial charge < -0.3 is 49.9 Å². The van der Waals surface area contributed by atoms with Gasteiger partial charge in [0.25, 0.3) is 11.8 Å². The summed E-state index contributed by atoms with van der Waals surface area (Å²) in [5, 5.41) is 58.5. The van der Waals surface area contributed by atoms with Crippen molar-refractivity contribution in [1.82, 2.24) is 10.4 Å². The molecule has 55 heavy (non-hydrogen) atoms. The van der Waals surface area contributed by atoms with Gasteiger partial charge in [-0.25, -0.2) is 4.79 Å². The normalized spacial score (nSPS) is 25.9. The number of hydrogen-bond acceptors (Lipinski definition) is 16. The number of aromatic hydroxyl groups is 2. The van der Waals surface area contributed by atoms with E-state index in [9.17, 15) is 59.1 Å². The minimum Gasteiger partial charge on any atom is -0.507 e. The van der Waals surface area contributed by atoms with E-state index in [4.69, 9.17) is 19.0 Å². The number of carbonyl (C=O) groups is 7. The number of unbranched alkanes of at least 4 members (excludes halogenated alkanes) is 1. The van der Waals surface area contributed by atoms with Crippen molar-refractivity contribution in [1.29, 1.82) is 0 Å². The predicted molar refractivity (Wildman–Crippen MR) is 181 cm³/mol. The van der Waals surface area contributed by atoms with E-state index >= 15 is 0 Å². The predicted octanol–water partition coefficient (Wildman–Crippen LogP) is 0.326. The number of hydrogen-bond donors (Lipinski definition) is 6. The number of ketones is 3. The molecule has 0 bridgehead atoms. The summed E-state index contributed by atoms with van der Waals surface area (Å²) in [6.45, 7) is 0.396. The van der Waals surface area contributed by atoms with Crippen LogP contribution in [0.3, 0.4) is 0 Å². The van der Waals surface area contributed by atoms with Crippen LogP contribution in [0.15, 0.2) is 18.2 Å². The Hall–Kier alpha value is -5.27. The van der Waals surface area contributed by atoms with Gasteiger partial charge in [-0.1, -0.05) is 12.1 Å². The summed E-state index contributed by atoms with van der Waals surface area (Å²) in [6.07, 6.45) is -6.37. The molecule has 0 radical (unpaired) electrons. The minimum absolute atomic E-state index is 0.0421. The van der Waals surface area contributed by atoms with Gasteiger partial charge >= 0.3 is 5.97 Å². The van der Waals surface area contributed by atoms with Gasteiger partial charge in [0.1, 0.15) is 35.6 Å². The fraction of sp³-hybridized carbons (Fsp3) is 0.486. The number of imide groups is 1. The number of carbonyl (C=O) groups excluding carboxylic acids is 7. The molecule has 0 aromatic heterocycles. The first-order valence-electron chi connectivity index (χ1n) is 17.7. The summed E-state index contributed by atoms with van der Waals surface area (Å²) < 4.78 is 17.3. The number of methoxy groups -OCH3 is 1. The Kier molecular flexibility index (Phi) is 11.1. The average Bonchev–Trinajstić information content (AvgIpc) is 3.46. The van der Waals surface area contributed by atoms with E-state index in [-0.39, 0.29) is 72.9 Å². The number of aliphatic hydroxyl groups is 3. The number of benzene rings is 2. The number of phenolic OH excluding ortho intramolecular Hbond substituents is 2. The Balaban J connectivity index is 1.20. The van der Waals surface area contributed by atoms with Crippen molar-refractivity contribution in [2.24, 2.45) is 0 Å². The van der Waals surface area contributed by atoms with Gasteiger partial charge in [-0.05, 0) is 25.8 Å². The lowest BCUT2D eigenvalue weighted by molar-refractivity contribution is -0.249. The molecule has 6 rings (SSSR count). The number of Topliss-reactive ketones (excluding diaryl/α,β-unsaturated/α-hetero) is 1. The Morgan fingerprint density at radius 2 is 1.65 bits per heavy atom. The van der Waals surface area contributed by atoms with Crippen molar-refractivity contribution in [2.45, 2.75) is 101 Å². The molecule has 0 saturated carbocycles. The smallest absolute Gasteiger partial charge is 0.333 e. The average molecular weight is 769 g/mol. The zero-order valence-corrected chi connectivity index (χ0v) is 29.9. The number of hydroxylamine groups is 2. The molecule has 2 aromatic carbocycles. The van der Waals surface area contributed by atoms with Crippen molar-refractivity contribution in [3.8, 4) is 17.2 Å². The first-order chi connectivity index (χ1) is 26.1. The Labute approximate surface area is 312 Å². The van der Waals surface area contributed by atoms with Crippen LogP contribution >= 0.6 is 0 Å². The second-order valence-corrected chi connectivity index (χ2v) is 13.9. The van der Waals surface area contributed by atoms with Crippen LogP contribution in [0, 0.1) is 0 Å². The summed E-state index contributed by atoms with van der Waals surface area (Å²) in [6, 6.07) is 3.30. The lowest BCUT2D eigenvalue weighted by Crippen LogP contribution is -2.55. The van der Waals surface area contributed by atoms with Crippen molar-refractivity contribution in [3.05, 3.63) is 51.6 Å². The van der Waals surface area contributed by atoms with Gasteiger partial charge in [-0.2, -0.15) is 0 Å². The maximum absolute atomic E-state index is 13.9. The molecule has 3 amide bonds. The maximum Gasteiger partial charge on any atom is 0.333 e. The van der Waals surface area contributed by atoms with Gasteiger partial charge in [0.05, 0.1) is 42.0 Å². The summed E-state index contributed by atoms with van der Waals surface area (Å²) in [4.78, 5) is 93.6. The SMILES string of the molecule is COc1cccc2c1C(=O)c1c(O)c3c(c(O)c1C2=O)CC(O)(C(=O)CO)CC3OC1CC(NC(=O)CCCCC(=O)ON2C(=O)CCC2=O)C(O)C(C)O1. The maximum atomic E-state index is 13.9. The second kappa shape index (κ2) is 15.5. The number of aliphatic hydroxyl groups excluding tert-OH is 2. The van der Waals surface area contributed by atoms with Crippen LogP contribution in [0.25, 0.3) is 0 Å². The van der Waals surface area contributed by atoms with Crippen LogP contribution in [-0.2, 0) is 44.7 Å². The van der Waals surface area contributed by atoms with Gasteiger partial charge in [0.2, 0.25) is 11.7 Å². The highest BCUT2D eigenvalue weighted by Gasteiger charge is 2.50. The lowest BCUT2D eigenvalue weighted by atomic mass is 9.72. The molecule has 6 unspecified atom stereocenters. The number of amides is 3. The van der Waals surface area contributed by atoms with E-state index in [1.165, 1.54) is 32.2 Å². The Bertz CT molecular complexity index is 1960. The minimum atomic E-state index is -2.37. The van der Waals surface area contributed by atoms with Gasteiger partial charge in [0.15, 0.2) is 17.9 Å².